The Morgan fingerprint density at radius 1 is 0.786 bits per heavy atom. The van der Waals surface area contributed by atoms with Crippen molar-refractivity contribution in [2.75, 3.05) is 28.2 Å². The maximum atomic E-state index is 3.75. The Hall–Kier alpha value is 1.56. The zero-order valence-corrected chi connectivity index (χ0v) is 14.4. The van der Waals surface area contributed by atoms with E-state index in [1.165, 1.54) is 0 Å². The van der Waals surface area contributed by atoms with Gasteiger partial charge in [0, 0.05) is 0 Å². The maximum absolute atomic E-state index is 3.75. The number of halogens is 2. The minimum Gasteiger partial charge on any atom is -0.248 e. The van der Waals surface area contributed by atoms with Crippen molar-refractivity contribution in [1.29, 1.82) is 0 Å². The molecule has 0 aliphatic heterocycles. The van der Waals surface area contributed by atoms with E-state index < -0.39 is 0 Å². The monoisotopic (exact) mass is 316 g/mol. The zero-order chi connectivity index (χ0) is 9.98. The van der Waals surface area contributed by atoms with E-state index in [1.807, 2.05) is 37.5 Å². The summed E-state index contributed by atoms with van der Waals surface area (Å²) in [7, 11) is 14.5. The molecule has 0 saturated carbocycles. The zero-order valence-electron chi connectivity index (χ0n) is 8.65. The Morgan fingerprint density at radius 2 is 1.00 bits per heavy atom. The molecule has 0 heterocycles. The molecule has 0 bridgehead atoms. The smallest absolute Gasteiger partial charge is 0.0962 e. The Kier molecular flexibility index (Phi) is 35.3. The molecule has 0 aliphatic rings. The van der Waals surface area contributed by atoms with Crippen molar-refractivity contribution in [2.45, 2.75) is 0 Å². The van der Waals surface area contributed by atoms with Gasteiger partial charge in [0.25, 0.3) is 0 Å². The van der Waals surface area contributed by atoms with Crippen LogP contribution in [0.5, 0.6) is 0 Å². The van der Waals surface area contributed by atoms with Gasteiger partial charge < -0.3 is 0 Å². The predicted molar refractivity (Wildman–Crippen MR) is 80.0 cm³/mol. The Balaban J connectivity index is -0.0000000625. The quantitative estimate of drug-likeness (QED) is 0.729. The van der Waals surface area contributed by atoms with E-state index in [-0.39, 0.29) is 24.8 Å². The van der Waals surface area contributed by atoms with E-state index in [0.717, 1.165) is 17.0 Å². The van der Waals surface area contributed by atoms with E-state index in [9.17, 15) is 0 Å². The lowest BCUT2D eigenvalue weighted by molar-refractivity contribution is 0.697. The van der Waals surface area contributed by atoms with Crippen LogP contribution in [0, 0.1) is 0 Å². The first-order valence-corrected chi connectivity index (χ1v) is 5.74. The lowest BCUT2D eigenvalue weighted by Gasteiger charge is -1.92. The third-order valence-electron chi connectivity index (χ3n) is 0.461. The molecule has 2 atom stereocenters. The highest BCUT2D eigenvalue weighted by molar-refractivity contribution is 7.33. The van der Waals surface area contributed by atoms with Crippen molar-refractivity contribution in [3.8, 4) is 0 Å². The van der Waals surface area contributed by atoms with Gasteiger partial charge in [-0.1, -0.05) is 0 Å². The molecule has 10 heteroatoms. The Bertz CT molecular complexity index is 127. The summed E-state index contributed by atoms with van der Waals surface area (Å²) in [5, 5.41) is 0. The Labute approximate surface area is 107 Å². The van der Waals surface area contributed by atoms with E-state index in [0.29, 0.717) is 0 Å². The lowest BCUT2D eigenvalue weighted by atomic mass is 11.3. The van der Waals surface area contributed by atoms with Crippen molar-refractivity contribution in [2.24, 2.45) is 9.03 Å². The average Bonchev–Trinajstić information content (AvgIpc) is 1.87. The highest BCUT2D eigenvalue weighted by atomic mass is 35.5. The fraction of sp³-hybridized carbons (Fsp3) is 1.00. The van der Waals surface area contributed by atoms with E-state index >= 15 is 0 Å². The molecule has 0 aliphatic carbocycles. The van der Waals surface area contributed by atoms with Gasteiger partial charge in [-0.25, -0.2) is 18.4 Å². The normalized spacial score (nSPS) is 9.71. The van der Waals surface area contributed by atoms with Gasteiger partial charge in [0.05, 0.1) is 17.0 Å². The first kappa shape index (κ1) is 24.7. The molecule has 14 heavy (non-hydrogen) atoms. The molecule has 0 spiro atoms. The summed E-state index contributed by atoms with van der Waals surface area (Å²) < 4.78 is 11.4. The SMILES string of the molecule is CN(C)P=NP.CN(C)P=NP.Cl.Cl. The summed E-state index contributed by atoms with van der Waals surface area (Å²) in [4.78, 5) is 0. The molecule has 88 valence electrons. The van der Waals surface area contributed by atoms with Gasteiger partial charge in [0.15, 0.2) is 0 Å². The molecule has 0 radical (unpaired) electrons. The molecule has 0 amide bonds. The fourth-order valence-corrected chi connectivity index (χ4v) is 1.86. The number of hydrogen-bond acceptors (Lipinski definition) is 2. The predicted octanol–water partition coefficient (Wildman–Crippen LogP) is 3.61. The van der Waals surface area contributed by atoms with Crippen LogP contribution in [0.1, 0.15) is 0 Å². The number of nitrogens with zero attached hydrogens (tertiary/aromatic N) is 4. The summed E-state index contributed by atoms with van der Waals surface area (Å²) in [6.45, 7) is 0. The van der Waals surface area contributed by atoms with Gasteiger partial charge in [-0.05, 0) is 47.0 Å². The molecule has 0 rings (SSSR count). The van der Waals surface area contributed by atoms with Crippen molar-refractivity contribution in [3.05, 3.63) is 0 Å². The van der Waals surface area contributed by atoms with Crippen LogP contribution in [0.4, 0.5) is 0 Å². The maximum Gasteiger partial charge on any atom is 0.0962 e. The van der Waals surface area contributed by atoms with Crippen LogP contribution in [0.3, 0.4) is 0 Å². The molecule has 0 saturated heterocycles. The van der Waals surface area contributed by atoms with Crippen LogP contribution in [0.15, 0.2) is 9.03 Å². The second-order valence-corrected chi connectivity index (χ2v) is 5.91. The molecule has 0 fully saturated rings. The third kappa shape index (κ3) is 37.4. The first-order valence-electron chi connectivity index (χ1n) is 3.11. The van der Waals surface area contributed by atoms with Crippen LogP contribution in [-0.4, -0.2) is 37.5 Å². The van der Waals surface area contributed by atoms with Crippen LogP contribution in [0.25, 0.3) is 0 Å². The van der Waals surface area contributed by atoms with Crippen molar-refractivity contribution < 1.29 is 0 Å². The summed E-state index contributed by atoms with van der Waals surface area (Å²) in [6, 6.07) is 0. The van der Waals surface area contributed by atoms with Crippen molar-refractivity contribution in [3.63, 3.8) is 0 Å². The third-order valence-corrected chi connectivity index (χ3v) is 2.00. The van der Waals surface area contributed by atoms with E-state index in [2.05, 4.69) is 27.8 Å². The molecule has 4 nitrogen and oxygen atoms in total. The van der Waals surface area contributed by atoms with Gasteiger partial charge >= 0.3 is 0 Å². The molecule has 0 aromatic rings. The molecular formula is C4H18Cl2N4P4. The van der Waals surface area contributed by atoms with Gasteiger partial charge in [-0.3, -0.25) is 0 Å². The second-order valence-electron chi connectivity index (χ2n) is 2.10. The minimum atomic E-state index is 0. The van der Waals surface area contributed by atoms with Crippen LogP contribution in [0.2, 0.25) is 0 Å². The lowest BCUT2D eigenvalue weighted by Crippen LogP contribution is -1.90. The topological polar surface area (TPSA) is 31.2 Å². The van der Waals surface area contributed by atoms with Crippen LogP contribution < -0.4 is 0 Å². The highest BCUT2D eigenvalue weighted by Gasteiger charge is 1.72. The van der Waals surface area contributed by atoms with E-state index in [4.69, 9.17) is 0 Å². The summed E-state index contributed by atoms with van der Waals surface area (Å²) in [5.74, 6) is 0. The van der Waals surface area contributed by atoms with Crippen molar-refractivity contribution >= 4 is 60.6 Å². The van der Waals surface area contributed by atoms with Gasteiger partial charge in [-0.15, -0.1) is 24.8 Å². The summed E-state index contributed by atoms with van der Waals surface area (Å²) in [6.07, 6.45) is 0. The number of hydrogen-bond donors (Lipinski definition) is 0. The van der Waals surface area contributed by atoms with Crippen LogP contribution in [-0.2, 0) is 0 Å². The molecule has 2 unspecified atom stereocenters. The Morgan fingerprint density at radius 3 is 1.00 bits per heavy atom. The standard InChI is InChI=1S/2C2H8N2P2.2ClH/c2*1-4(2)6-3-5;;/h2*5H2,1-2H3;2*1H. The fourth-order valence-electron chi connectivity index (χ4n) is 0.207. The second kappa shape index (κ2) is 20.0. The first-order chi connectivity index (χ1) is 5.54. The van der Waals surface area contributed by atoms with Gasteiger partial charge in [0.2, 0.25) is 0 Å². The molecule has 0 N–H and O–H groups in total. The summed E-state index contributed by atoms with van der Waals surface area (Å²) in [5.41, 5.74) is 0. The average molecular weight is 317 g/mol. The largest absolute Gasteiger partial charge is 0.248 e. The highest BCUT2D eigenvalue weighted by Crippen LogP contribution is 2.05. The molecular weight excluding hydrogens is 299 g/mol. The molecule has 0 aromatic carbocycles. The van der Waals surface area contributed by atoms with Gasteiger partial charge in [0.1, 0.15) is 0 Å². The molecule has 0 aromatic heterocycles. The van der Waals surface area contributed by atoms with Crippen LogP contribution >= 0.6 is 60.6 Å². The van der Waals surface area contributed by atoms with Gasteiger partial charge in [-0.2, -0.15) is 0 Å². The van der Waals surface area contributed by atoms with E-state index in [1.54, 1.807) is 0 Å². The minimum absolute atomic E-state index is 0. The summed E-state index contributed by atoms with van der Waals surface area (Å²) >= 11 is 0. The van der Waals surface area contributed by atoms with Crippen molar-refractivity contribution in [1.82, 2.24) is 9.34 Å². The number of rotatable bonds is 2.